The van der Waals surface area contributed by atoms with Crippen molar-refractivity contribution in [3.63, 3.8) is 0 Å². The molecule has 112 valence electrons. The van der Waals surface area contributed by atoms with Gasteiger partial charge >= 0.3 is 0 Å². The molecule has 1 aliphatic rings. The lowest BCUT2D eigenvalue weighted by Crippen LogP contribution is -2.38. The average Bonchev–Trinajstić information content (AvgIpc) is 2.52. The third-order valence-corrected chi connectivity index (χ3v) is 5.16. The molecule has 1 aromatic rings. The molecule has 2 rings (SSSR count). The first-order chi connectivity index (χ1) is 9.92. The van der Waals surface area contributed by atoms with Crippen molar-refractivity contribution in [2.75, 3.05) is 24.7 Å². The molecule has 1 aromatic carbocycles. The molecule has 1 saturated carbocycles. The number of aliphatic hydroxyl groups is 1. The topological polar surface area (TPSA) is 32.3 Å². The van der Waals surface area contributed by atoms with Gasteiger partial charge in [0, 0.05) is 24.9 Å². The second-order valence-electron chi connectivity index (χ2n) is 5.55. The summed E-state index contributed by atoms with van der Waals surface area (Å²) in [7, 11) is 0. The van der Waals surface area contributed by atoms with Crippen molar-refractivity contribution in [2.24, 2.45) is 0 Å². The van der Waals surface area contributed by atoms with Crippen LogP contribution >= 0.6 is 11.8 Å². The van der Waals surface area contributed by atoms with E-state index >= 15 is 0 Å². The molecule has 0 amide bonds. The maximum Gasteiger partial charge on any atom is 0.0438 e. The molecule has 0 aromatic heterocycles. The molecule has 2 N–H and O–H groups in total. The van der Waals surface area contributed by atoms with Crippen LogP contribution in [0.15, 0.2) is 30.3 Å². The minimum atomic E-state index is 0.319. The van der Waals surface area contributed by atoms with E-state index in [1.807, 2.05) is 11.8 Å². The van der Waals surface area contributed by atoms with Crippen molar-refractivity contribution in [2.45, 2.75) is 44.1 Å². The van der Waals surface area contributed by atoms with E-state index in [2.05, 4.69) is 35.6 Å². The highest BCUT2D eigenvalue weighted by Crippen LogP contribution is 2.32. The SMILES string of the molecule is OCCCSCCNC1CCCCC1c1ccccc1. The van der Waals surface area contributed by atoms with E-state index in [1.54, 1.807) is 0 Å². The molecule has 1 fully saturated rings. The summed E-state index contributed by atoms with van der Waals surface area (Å²) in [6, 6.07) is 11.6. The largest absolute Gasteiger partial charge is 0.396 e. The molecule has 0 bridgehead atoms. The molecule has 0 heterocycles. The standard InChI is InChI=1S/C17H27NOS/c19-12-6-13-20-14-11-18-17-10-5-4-9-16(17)15-7-2-1-3-8-15/h1-3,7-8,16-19H,4-6,9-14H2. The van der Waals surface area contributed by atoms with E-state index in [-0.39, 0.29) is 0 Å². The van der Waals surface area contributed by atoms with Gasteiger partial charge in [-0.2, -0.15) is 11.8 Å². The second-order valence-corrected chi connectivity index (χ2v) is 6.78. The monoisotopic (exact) mass is 293 g/mol. The number of aliphatic hydroxyl groups excluding tert-OH is 1. The number of hydrogen-bond donors (Lipinski definition) is 2. The molecule has 0 radical (unpaired) electrons. The quantitative estimate of drug-likeness (QED) is 0.720. The van der Waals surface area contributed by atoms with Crippen LogP contribution in [-0.2, 0) is 0 Å². The molecule has 0 aliphatic heterocycles. The van der Waals surface area contributed by atoms with Gasteiger partial charge in [0.2, 0.25) is 0 Å². The smallest absolute Gasteiger partial charge is 0.0438 e. The number of thioether (sulfide) groups is 1. The fourth-order valence-electron chi connectivity index (χ4n) is 3.06. The van der Waals surface area contributed by atoms with Crippen molar-refractivity contribution in [1.82, 2.24) is 5.32 Å². The lowest BCUT2D eigenvalue weighted by Gasteiger charge is -2.32. The number of rotatable bonds is 8. The van der Waals surface area contributed by atoms with Gasteiger partial charge in [-0.15, -0.1) is 0 Å². The Morgan fingerprint density at radius 2 is 1.90 bits per heavy atom. The Bertz CT molecular complexity index is 357. The minimum absolute atomic E-state index is 0.319. The number of hydrogen-bond acceptors (Lipinski definition) is 3. The minimum Gasteiger partial charge on any atom is -0.396 e. The van der Waals surface area contributed by atoms with E-state index in [4.69, 9.17) is 5.11 Å². The summed E-state index contributed by atoms with van der Waals surface area (Å²) in [5, 5.41) is 12.5. The highest BCUT2D eigenvalue weighted by atomic mass is 32.2. The van der Waals surface area contributed by atoms with E-state index in [0.29, 0.717) is 18.6 Å². The van der Waals surface area contributed by atoms with Crippen LogP contribution in [0.1, 0.15) is 43.6 Å². The molecular formula is C17H27NOS. The molecule has 2 atom stereocenters. The fraction of sp³-hybridized carbons (Fsp3) is 0.647. The first kappa shape index (κ1) is 15.9. The summed E-state index contributed by atoms with van der Waals surface area (Å²) in [5.74, 6) is 2.91. The Morgan fingerprint density at radius 1 is 1.10 bits per heavy atom. The average molecular weight is 293 g/mol. The van der Waals surface area contributed by atoms with Crippen LogP contribution in [-0.4, -0.2) is 35.8 Å². The van der Waals surface area contributed by atoms with Crippen LogP contribution in [0.2, 0.25) is 0 Å². The molecule has 20 heavy (non-hydrogen) atoms. The van der Waals surface area contributed by atoms with Gasteiger partial charge in [0.15, 0.2) is 0 Å². The van der Waals surface area contributed by atoms with Gasteiger partial charge in [-0.25, -0.2) is 0 Å². The zero-order valence-electron chi connectivity index (χ0n) is 12.3. The predicted molar refractivity (Wildman–Crippen MR) is 88.5 cm³/mol. The van der Waals surface area contributed by atoms with Crippen LogP contribution in [0.3, 0.4) is 0 Å². The lowest BCUT2D eigenvalue weighted by atomic mass is 9.80. The zero-order valence-corrected chi connectivity index (χ0v) is 13.1. The Balaban J connectivity index is 1.76. The number of nitrogens with one attached hydrogen (secondary N) is 1. The maximum absolute atomic E-state index is 8.76. The second kappa shape index (κ2) is 9.43. The highest BCUT2D eigenvalue weighted by Gasteiger charge is 2.25. The Kier molecular flexibility index (Phi) is 7.48. The lowest BCUT2D eigenvalue weighted by molar-refractivity contribution is 0.296. The Labute approximate surface area is 127 Å². The number of benzene rings is 1. The highest BCUT2D eigenvalue weighted by molar-refractivity contribution is 7.99. The summed E-state index contributed by atoms with van der Waals surface area (Å²) in [6.07, 6.45) is 6.27. The maximum atomic E-state index is 8.76. The van der Waals surface area contributed by atoms with Gasteiger partial charge in [0.25, 0.3) is 0 Å². The summed E-state index contributed by atoms with van der Waals surface area (Å²) < 4.78 is 0. The van der Waals surface area contributed by atoms with Crippen molar-refractivity contribution in [1.29, 1.82) is 0 Å². The van der Waals surface area contributed by atoms with Gasteiger partial charge in [0.1, 0.15) is 0 Å². The van der Waals surface area contributed by atoms with E-state index < -0.39 is 0 Å². The molecule has 2 unspecified atom stereocenters. The van der Waals surface area contributed by atoms with E-state index in [0.717, 1.165) is 24.5 Å². The Hall–Kier alpha value is -0.510. The van der Waals surface area contributed by atoms with Crippen LogP contribution in [0.5, 0.6) is 0 Å². The summed E-state index contributed by atoms with van der Waals surface area (Å²) >= 11 is 1.94. The van der Waals surface area contributed by atoms with Gasteiger partial charge in [-0.1, -0.05) is 43.2 Å². The zero-order chi connectivity index (χ0) is 14.0. The van der Waals surface area contributed by atoms with E-state index in [1.165, 1.54) is 31.2 Å². The Morgan fingerprint density at radius 3 is 2.70 bits per heavy atom. The van der Waals surface area contributed by atoms with Gasteiger partial charge in [-0.3, -0.25) is 0 Å². The van der Waals surface area contributed by atoms with E-state index in [9.17, 15) is 0 Å². The fourth-order valence-corrected chi connectivity index (χ4v) is 3.86. The molecule has 0 spiro atoms. The molecule has 2 nitrogen and oxygen atoms in total. The van der Waals surface area contributed by atoms with Crippen molar-refractivity contribution < 1.29 is 5.11 Å². The summed E-state index contributed by atoms with van der Waals surface area (Å²) in [4.78, 5) is 0. The van der Waals surface area contributed by atoms with Crippen LogP contribution in [0, 0.1) is 0 Å². The van der Waals surface area contributed by atoms with Crippen LogP contribution < -0.4 is 5.32 Å². The van der Waals surface area contributed by atoms with Gasteiger partial charge in [0.05, 0.1) is 0 Å². The molecule has 1 aliphatic carbocycles. The molecular weight excluding hydrogens is 266 g/mol. The van der Waals surface area contributed by atoms with Crippen LogP contribution in [0.4, 0.5) is 0 Å². The predicted octanol–water partition coefficient (Wildman–Crippen LogP) is 3.42. The van der Waals surface area contributed by atoms with Crippen LogP contribution in [0.25, 0.3) is 0 Å². The third kappa shape index (κ3) is 5.12. The molecule has 3 heteroatoms. The van der Waals surface area contributed by atoms with Crippen molar-refractivity contribution >= 4 is 11.8 Å². The molecule has 0 saturated heterocycles. The first-order valence-corrected chi connectivity index (χ1v) is 9.04. The first-order valence-electron chi connectivity index (χ1n) is 7.88. The third-order valence-electron chi connectivity index (χ3n) is 4.09. The summed E-state index contributed by atoms with van der Waals surface area (Å²) in [6.45, 7) is 1.41. The van der Waals surface area contributed by atoms with Crippen molar-refractivity contribution in [3.05, 3.63) is 35.9 Å². The summed E-state index contributed by atoms with van der Waals surface area (Å²) in [5.41, 5.74) is 1.50. The van der Waals surface area contributed by atoms with Gasteiger partial charge in [-0.05, 0) is 36.5 Å². The van der Waals surface area contributed by atoms with Crippen molar-refractivity contribution in [3.8, 4) is 0 Å². The van der Waals surface area contributed by atoms with Gasteiger partial charge < -0.3 is 10.4 Å². The normalized spacial score (nSPS) is 22.9.